The van der Waals surface area contributed by atoms with Gasteiger partial charge in [-0.2, -0.15) is 0 Å². The molecule has 6 nitrogen and oxygen atoms in total. The summed E-state index contributed by atoms with van der Waals surface area (Å²) in [6, 6.07) is 0.249. The number of carboxylic acid groups (broad SMARTS) is 1. The Labute approximate surface area is 121 Å². The first-order valence-corrected chi connectivity index (χ1v) is 7.45. The van der Waals surface area contributed by atoms with Crippen molar-refractivity contribution in [3.8, 4) is 0 Å². The maximum atomic E-state index is 12.1. The van der Waals surface area contributed by atoms with Gasteiger partial charge in [0.05, 0.1) is 5.92 Å². The maximum Gasteiger partial charge on any atom is 0.317 e. The molecule has 6 heteroatoms. The van der Waals surface area contributed by atoms with Crippen LogP contribution in [0.2, 0.25) is 0 Å². The number of nitrogens with zero attached hydrogens (tertiary/aromatic N) is 2. The van der Waals surface area contributed by atoms with Crippen LogP contribution in [0.3, 0.4) is 0 Å². The van der Waals surface area contributed by atoms with Crippen molar-refractivity contribution in [1.82, 2.24) is 15.1 Å². The van der Waals surface area contributed by atoms with Crippen molar-refractivity contribution < 1.29 is 14.7 Å². The number of piperazine rings is 1. The van der Waals surface area contributed by atoms with Crippen molar-refractivity contribution in [1.29, 1.82) is 0 Å². The average Bonchev–Trinajstić information content (AvgIpc) is 2.43. The van der Waals surface area contributed by atoms with Gasteiger partial charge in [-0.1, -0.05) is 20.3 Å². The van der Waals surface area contributed by atoms with Gasteiger partial charge in [0.2, 0.25) is 0 Å². The lowest BCUT2D eigenvalue weighted by Gasteiger charge is -2.39. The van der Waals surface area contributed by atoms with E-state index in [-0.39, 0.29) is 12.6 Å². The predicted octanol–water partition coefficient (Wildman–Crippen LogP) is 1.22. The van der Waals surface area contributed by atoms with Crippen molar-refractivity contribution in [2.75, 3.05) is 33.2 Å². The predicted molar refractivity (Wildman–Crippen MR) is 77.7 cm³/mol. The fraction of sp³-hybridized carbons (Fsp3) is 0.857. The summed E-state index contributed by atoms with van der Waals surface area (Å²) in [5.74, 6) is -1.32. The highest BCUT2D eigenvalue weighted by atomic mass is 16.4. The van der Waals surface area contributed by atoms with Gasteiger partial charge in [-0.25, -0.2) is 4.79 Å². The lowest BCUT2D eigenvalue weighted by molar-refractivity contribution is -0.141. The molecule has 0 bridgehead atoms. The molecule has 116 valence electrons. The molecule has 0 aromatic carbocycles. The Morgan fingerprint density at radius 3 is 2.60 bits per heavy atom. The Balaban J connectivity index is 2.44. The summed E-state index contributed by atoms with van der Waals surface area (Å²) in [4.78, 5) is 27.2. The molecule has 20 heavy (non-hydrogen) atoms. The number of carbonyl (C=O) groups is 2. The molecule has 0 aliphatic carbocycles. The summed E-state index contributed by atoms with van der Waals surface area (Å²) in [5.41, 5.74) is 0. The van der Waals surface area contributed by atoms with Crippen LogP contribution >= 0.6 is 0 Å². The molecule has 1 aliphatic rings. The van der Waals surface area contributed by atoms with Gasteiger partial charge >= 0.3 is 12.0 Å². The Hall–Kier alpha value is -1.30. The second kappa shape index (κ2) is 8.09. The third-order valence-electron chi connectivity index (χ3n) is 4.02. The minimum Gasteiger partial charge on any atom is -0.481 e. The van der Waals surface area contributed by atoms with Gasteiger partial charge in [0.1, 0.15) is 0 Å². The number of hydrogen-bond acceptors (Lipinski definition) is 3. The minimum atomic E-state index is -0.836. The fourth-order valence-electron chi connectivity index (χ4n) is 2.55. The quantitative estimate of drug-likeness (QED) is 0.769. The first-order chi connectivity index (χ1) is 9.49. The molecular weight excluding hydrogens is 258 g/mol. The molecule has 1 heterocycles. The van der Waals surface area contributed by atoms with Crippen LogP contribution in [0.1, 0.15) is 33.1 Å². The van der Waals surface area contributed by atoms with Gasteiger partial charge in [-0.15, -0.1) is 0 Å². The highest BCUT2D eigenvalue weighted by molar-refractivity contribution is 5.76. The first-order valence-electron chi connectivity index (χ1n) is 7.45. The fourth-order valence-corrected chi connectivity index (χ4v) is 2.55. The lowest BCUT2D eigenvalue weighted by Crippen LogP contribution is -2.55. The van der Waals surface area contributed by atoms with Gasteiger partial charge in [-0.05, 0) is 19.9 Å². The number of likely N-dealkylation sites (N-methyl/N-ethyl adjacent to an activating group) is 1. The van der Waals surface area contributed by atoms with Crippen LogP contribution in [-0.2, 0) is 4.79 Å². The number of amides is 2. The Kier molecular flexibility index (Phi) is 6.78. The molecular formula is C14H27N3O3. The SMILES string of the molecule is CCCC(CNC(=O)N1CCN(C)C(CC)C1)C(=O)O. The maximum absolute atomic E-state index is 12.1. The molecule has 0 aromatic rings. The number of rotatable bonds is 6. The summed E-state index contributed by atoms with van der Waals surface area (Å²) in [6.07, 6.45) is 2.41. The van der Waals surface area contributed by atoms with E-state index < -0.39 is 11.9 Å². The molecule has 2 amide bonds. The molecule has 0 spiro atoms. The summed E-state index contributed by atoms with van der Waals surface area (Å²) in [7, 11) is 2.07. The van der Waals surface area contributed by atoms with Crippen LogP contribution in [0.25, 0.3) is 0 Å². The van der Waals surface area contributed by atoms with E-state index in [1.54, 1.807) is 4.90 Å². The molecule has 0 aromatic heterocycles. The van der Waals surface area contributed by atoms with E-state index in [9.17, 15) is 9.59 Å². The van der Waals surface area contributed by atoms with E-state index >= 15 is 0 Å². The van der Waals surface area contributed by atoms with Gasteiger partial charge in [0.15, 0.2) is 0 Å². The van der Waals surface area contributed by atoms with Crippen molar-refractivity contribution in [3.05, 3.63) is 0 Å². The van der Waals surface area contributed by atoms with E-state index in [1.165, 1.54) is 0 Å². The normalized spacial score (nSPS) is 21.6. The summed E-state index contributed by atoms with van der Waals surface area (Å²) in [5, 5.41) is 11.8. The van der Waals surface area contributed by atoms with Gasteiger partial charge in [0.25, 0.3) is 0 Å². The van der Waals surface area contributed by atoms with Crippen LogP contribution in [-0.4, -0.2) is 66.2 Å². The zero-order valence-corrected chi connectivity index (χ0v) is 12.8. The third kappa shape index (κ3) is 4.67. The molecule has 2 atom stereocenters. The van der Waals surface area contributed by atoms with Crippen LogP contribution in [0, 0.1) is 5.92 Å². The van der Waals surface area contributed by atoms with Crippen LogP contribution in [0.15, 0.2) is 0 Å². The third-order valence-corrected chi connectivity index (χ3v) is 4.02. The van der Waals surface area contributed by atoms with Crippen molar-refractivity contribution >= 4 is 12.0 Å². The lowest BCUT2D eigenvalue weighted by atomic mass is 10.0. The number of carboxylic acids is 1. The number of nitrogens with one attached hydrogen (secondary N) is 1. The molecule has 2 unspecified atom stereocenters. The van der Waals surface area contributed by atoms with E-state index in [0.29, 0.717) is 25.6 Å². The van der Waals surface area contributed by atoms with E-state index in [0.717, 1.165) is 19.4 Å². The molecule has 2 N–H and O–H groups in total. The summed E-state index contributed by atoms with van der Waals surface area (Å²) < 4.78 is 0. The summed E-state index contributed by atoms with van der Waals surface area (Å²) >= 11 is 0. The average molecular weight is 285 g/mol. The molecule has 0 radical (unpaired) electrons. The molecule has 1 aliphatic heterocycles. The highest BCUT2D eigenvalue weighted by Crippen LogP contribution is 2.11. The van der Waals surface area contributed by atoms with E-state index in [1.807, 2.05) is 6.92 Å². The number of aliphatic carboxylic acids is 1. The molecule has 1 saturated heterocycles. The molecule has 0 saturated carbocycles. The standard InChI is InChI=1S/C14H27N3O3/c1-4-6-11(13(18)19)9-15-14(20)17-8-7-16(3)12(5-2)10-17/h11-12H,4-10H2,1-3H3,(H,15,20)(H,18,19). The van der Waals surface area contributed by atoms with E-state index in [4.69, 9.17) is 5.11 Å². The van der Waals surface area contributed by atoms with Crippen molar-refractivity contribution in [3.63, 3.8) is 0 Å². The van der Waals surface area contributed by atoms with Crippen LogP contribution in [0.4, 0.5) is 4.79 Å². The highest BCUT2D eigenvalue weighted by Gasteiger charge is 2.26. The monoisotopic (exact) mass is 285 g/mol. The summed E-state index contributed by atoms with van der Waals surface area (Å²) in [6.45, 7) is 6.55. The van der Waals surface area contributed by atoms with Crippen molar-refractivity contribution in [2.45, 2.75) is 39.2 Å². The Bertz CT molecular complexity index is 336. The van der Waals surface area contributed by atoms with Crippen molar-refractivity contribution in [2.24, 2.45) is 5.92 Å². The smallest absolute Gasteiger partial charge is 0.317 e. The van der Waals surface area contributed by atoms with Gasteiger partial charge in [-0.3, -0.25) is 9.69 Å². The second-order valence-corrected chi connectivity index (χ2v) is 5.50. The van der Waals surface area contributed by atoms with Crippen LogP contribution in [0.5, 0.6) is 0 Å². The van der Waals surface area contributed by atoms with E-state index in [2.05, 4.69) is 24.2 Å². The Morgan fingerprint density at radius 1 is 1.35 bits per heavy atom. The largest absolute Gasteiger partial charge is 0.481 e. The zero-order chi connectivity index (χ0) is 15.1. The van der Waals surface area contributed by atoms with Gasteiger partial charge < -0.3 is 15.3 Å². The number of carbonyl (C=O) groups excluding carboxylic acids is 1. The minimum absolute atomic E-state index is 0.140. The number of hydrogen-bond donors (Lipinski definition) is 2. The Morgan fingerprint density at radius 2 is 2.05 bits per heavy atom. The second-order valence-electron chi connectivity index (χ2n) is 5.50. The van der Waals surface area contributed by atoms with Crippen LogP contribution < -0.4 is 5.32 Å². The zero-order valence-electron chi connectivity index (χ0n) is 12.8. The first kappa shape index (κ1) is 16.8. The topological polar surface area (TPSA) is 72.9 Å². The number of urea groups is 1. The molecule has 1 fully saturated rings. The van der Waals surface area contributed by atoms with Gasteiger partial charge in [0, 0.05) is 32.2 Å². The molecule has 1 rings (SSSR count).